The van der Waals surface area contributed by atoms with Gasteiger partial charge in [0.1, 0.15) is 11.6 Å². The second-order valence-electron chi connectivity index (χ2n) is 8.22. The van der Waals surface area contributed by atoms with Crippen LogP contribution in [-0.2, 0) is 6.42 Å². The number of nitrogens with zero attached hydrogens (tertiary/aromatic N) is 4. The topological polar surface area (TPSA) is 41.9 Å². The maximum Gasteiger partial charge on any atom is 0.139 e. The van der Waals surface area contributed by atoms with Crippen molar-refractivity contribution in [3.05, 3.63) is 89.6 Å². The van der Waals surface area contributed by atoms with Crippen molar-refractivity contribution in [1.82, 2.24) is 15.0 Å². The van der Waals surface area contributed by atoms with Gasteiger partial charge in [-0.25, -0.2) is 9.37 Å². The molecule has 0 saturated heterocycles. The van der Waals surface area contributed by atoms with E-state index in [0.29, 0.717) is 0 Å². The lowest BCUT2D eigenvalue weighted by Crippen LogP contribution is -2.26. The van der Waals surface area contributed by atoms with E-state index in [-0.39, 0.29) is 5.82 Å². The molecule has 152 valence electrons. The van der Waals surface area contributed by atoms with E-state index < -0.39 is 0 Å². The Kier molecular flexibility index (Phi) is 4.27. The Hall–Kier alpha value is -3.60. The number of pyridine rings is 3. The summed E-state index contributed by atoms with van der Waals surface area (Å²) < 4.78 is 14.0. The molecule has 0 amide bonds. The smallest absolute Gasteiger partial charge is 0.139 e. The predicted octanol–water partition coefficient (Wildman–Crippen LogP) is 5.44. The van der Waals surface area contributed by atoms with Crippen LogP contribution in [0.3, 0.4) is 0 Å². The number of allylic oxidation sites excluding steroid dienone is 1. The number of aromatic nitrogens is 3. The van der Waals surface area contributed by atoms with Crippen molar-refractivity contribution in [1.29, 1.82) is 0 Å². The van der Waals surface area contributed by atoms with Gasteiger partial charge in [0.2, 0.25) is 0 Å². The van der Waals surface area contributed by atoms with Crippen LogP contribution in [0.5, 0.6) is 0 Å². The first kappa shape index (κ1) is 18.2. The molecule has 0 unspecified atom stereocenters. The van der Waals surface area contributed by atoms with Crippen molar-refractivity contribution in [3.8, 4) is 11.3 Å². The molecule has 1 aliphatic carbocycles. The number of anilines is 1. The quantitative estimate of drug-likeness (QED) is 0.443. The maximum atomic E-state index is 14.0. The highest BCUT2D eigenvalue weighted by Crippen LogP contribution is 2.39. The minimum absolute atomic E-state index is 0.171. The SMILES string of the molecule is Fc1ccc2c(c1)C1=C(CCCN(c3nc(-c4ccncc4)cc4ncccc34)C1)C2. The molecule has 5 heteroatoms. The van der Waals surface area contributed by atoms with E-state index in [4.69, 9.17) is 4.98 Å². The van der Waals surface area contributed by atoms with E-state index in [2.05, 4.69) is 20.9 Å². The fraction of sp³-hybridized carbons (Fsp3) is 0.192. The number of hydrogen-bond acceptors (Lipinski definition) is 4. The number of halogens is 1. The molecule has 0 N–H and O–H groups in total. The van der Waals surface area contributed by atoms with Crippen LogP contribution < -0.4 is 4.90 Å². The summed E-state index contributed by atoms with van der Waals surface area (Å²) in [4.78, 5) is 16.2. The predicted molar refractivity (Wildman–Crippen MR) is 121 cm³/mol. The molecule has 0 bridgehead atoms. The molecule has 0 spiro atoms. The Balaban J connectivity index is 1.47. The monoisotopic (exact) mass is 408 g/mol. The Bertz CT molecular complexity index is 1330. The Morgan fingerprint density at radius 2 is 1.87 bits per heavy atom. The van der Waals surface area contributed by atoms with Crippen molar-refractivity contribution in [2.45, 2.75) is 19.3 Å². The van der Waals surface area contributed by atoms with E-state index in [1.54, 1.807) is 24.5 Å². The Morgan fingerprint density at radius 3 is 2.77 bits per heavy atom. The van der Waals surface area contributed by atoms with Gasteiger partial charge < -0.3 is 4.90 Å². The highest BCUT2D eigenvalue weighted by atomic mass is 19.1. The molecule has 31 heavy (non-hydrogen) atoms. The van der Waals surface area contributed by atoms with Crippen LogP contribution >= 0.6 is 0 Å². The number of fused-ring (bicyclic) bond motifs is 3. The van der Waals surface area contributed by atoms with Crippen molar-refractivity contribution < 1.29 is 4.39 Å². The molecule has 1 aromatic carbocycles. The Labute approximate surface area is 180 Å². The molecule has 4 aromatic rings. The standard InChI is InChI=1S/C26H21FN4/c27-20-6-5-19-13-18-3-2-12-31(16-23(18)22(19)14-20)26-21-4-1-9-29-25(21)15-24(30-26)17-7-10-28-11-8-17/h1,4-11,14-15H,2-3,12-13,16H2. The molecule has 1 aliphatic heterocycles. The fourth-order valence-electron chi connectivity index (χ4n) is 4.85. The van der Waals surface area contributed by atoms with Crippen LogP contribution in [0.4, 0.5) is 10.2 Å². The van der Waals surface area contributed by atoms with Gasteiger partial charge in [0, 0.05) is 42.6 Å². The van der Waals surface area contributed by atoms with Crippen LogP contribution in [0.15, 0.2) is 72.7 Å². The molecule has 3 aromatic heterocycles. The Morgan fingerprint density at radius 1 is 0.968 bits per heavy atom. The van der Waals surface area contributed by atoms with Crippen LogP contribution in [0.1, 0.15) is 24.0 Å². The molecule has 0 saturated carbocycles. The largest absolute Gasteiger partial charge is 0.352 e. The van der Waals surface area contributed by atoms with E-state index in [0.717, 1.165) is 65.9 Å². The van der Waals surface area contributed by atoms with Crippen molar-refractivity contribution in [2.24, 2.45) is 0 Å². The van der Waals surface area contributed by atoms with Gasteiger partial charge in [0.05, 0.1) is 11.2 Å². The lowest BCUT2D eigenvalue weighted by Gasteiger charge is -2.25. The molecule has 2 aliphatic rings. The van der Waals surface area contributed by atoms with Gasteiger partial charge >= 0.3 is 0 Å². The molecule has 0 atom stereocenters. The summed E-state index contributed by atoms with van der Waals surface area (Å²) in [5, 5.41) is 1.04. The average Bonchev–Trinajstić information content (AvgIpc) is 3.00. The third kappa shape index (κ3) is 3.17. The van der Waals surface area contributed by atoms with Crippen LogP contribution in [0.2, 0.25) is 0 Å². The van der Waals surface area contributed by atoms with Crippen molar-refractivity contribution in [3.63, 3.8) is 0 Å². The van der Waals surface area contributed by atoms with Crippen molar-refractivity contribution >= 4 is 22.3 Å². The van der Waals surface area contributed by atoms with Gasteiger partial charge in [-0.15, -0.1) is 0 Å². The zero-order chi connectivity index (χ0) is 20.8. The maximum absolute atomic E-state index is 14.0. The summed E-state index contributed by atoms with van der Waals surface area (Å²) >= 11 is 0. The number of rotatable bonds is 2. The third-order valence-electron chi connectivity index (χ3n) is 6.34. The highest BCUT2D eigenvalue weighted by Gasteiger charge is 2.27. The summed E-state index contributed by atoms with van der Waals surface area (Å²) in [5.74, 6) is 0.770. The zero-order valence-electron chi connectivity index (χ0n) is 17.1. The van der Waals surface area contributed by atoms with Crippen LogP contribution in [0.25, 0.3) is 27.7 Å². The van der Waals surface area contributed by atoms with E-state index in [9.17, 15) is 4.39 Å². The summed E-state index contributed by atoms with van der Waals surface area (Å²) in [6.45, 7) is 1.65. The van der Waals surface area contributed by atoms with Crippen molar-refractivity contribution in [2.75, 3.05) is 18.0 Å². The number of benzene rings is 1. The summed E-state index contributed by atoms with van der Waals surface area (Å²) in [5.41, 5.74) is 7.84. The fourth-order valence-corrected chi connectivity index (χ4v) is 4.85. The second kappa shape index (κ2) is 7.27. The number of hydrogen-bond donors (Lipinski definition) is 0. The molecule has 6 rings (SSSR count). The minimum atomic E-state index is -0.171. The van der Waals surface area contributed by atoms with Gasteiger partial charge in [-0.05, 0) is 78.4 Å². The normalized spacial score (nSPS) is 15.7. The van der Waals surface area contributed by atoms with Crippen LogP contribution in [0, 0.1) is 5.82 Å². The molecule has 4 nitrogen and oxygen atoms in total. The first-order chi connectivity index (χ1) is 15.3. The molecular formula is C26H21FN4. The average molecular weight is 408 g/mol. The van der Waals surface area contributed by atoms with Gasteiger partial charge in [0.25, 0.3) is 0 Å². The second-order valence-corrected chi connectivity index (χ2v) is 8.22. The highest BCUT2D eigenvalue weighted by molar-refractivity contribution is 5.93. The summed E-state index contributed by atoms with van der Waals surface area (Å²) in [7, 11) is 0. The van der Waals surface area contributed by atoms with Gasteiger partial charge in [0.15, 0.2) is 0 Å². The van der Waals surface area contributed by atoms with Gasteiger partial charge in [-0.3, -0.25) is 9.97 Å². The van der Waals surface area contributed by atoms with Gasteiger partial charge in [-0.1, -0.05) is 11.6 Å². The molecule has 0 fully saturated rings. The third-order valence-corrected chi connectivity index (χ3v) is 6.34. The molecule has 0 radical (unpaired) electrons. The summed E-state index contributed by atoms with van der Waals surface area (Å²) in [6.07, 6.45) is 8.42. The molecular weight excluding hydrogens is 387 g/mol. The molecule has 4 heterocycles. The lowest BCUT2D eigenvalue weighted by molar-refractivity contribution is 0.626. The summed E-state index contributed by atoms with van der Waals surface area (Å²) in [6, 6.07) is 15.2. The van der Waals surface area contributed by atoms with E-state index in [1.165, 1.54) is 16.7 Å². The zero-order valence-corrected chi connectivity index (χ0v) is 17.1. The van der Waals surface area contributed by atoms with Crippen LogP contribution in [-0.4, -0.2) is 28.0 Å². The van der Waals surface area contributed by atoms with E-state index in [1.807, 2.05) is 36.5 Å². The minimum Gasteiger partial charge on any atom is -0.352 e. The first-order valence-electron chi connectivity index (χ1n) is 10.7. The lowest BCUT2D eigenvalue weighted by atomic mass is 10.0. The van der Waals surface area contributed by atoms with Gasteiger partial charge in [-0.2, -0.15) is 0 Å². The first-order valence-corrected chi connectivity index (χ1v) is 10.7. The van der Waals surface area contributed by atoms with E-state index >= 15 is 0 Å².